The number of rotatable bonds is 1. The number of amides is 1. The van der Waals surface area contributed by atoms with E-state index in [1.807, 2.05) is 0 Å². The molecular weight excluding hydrogens is 172 g/mol. The van der Waals surface area contributed by atoms with Crippen LogP contribution in [0.4, 0.5) is 0 Å². The van der Waals surface area contributed by atoms with Gasteiger partial charge in [0.25, 0.3) is 0 Å². The molecule has 13 heavy (non-hydrogen) atoms. The third-order valence-corrected chi connectivity index (χ3v) is 2.45. The van der Waals surface area contributed by atoms with Crippen molar-refractivity contribution < 1.29 is 14.7 Å². The average molecular weight is 182 g/mol. The molecule has 2 aliphatic rings. The Bertz CT molecular complexity index is 311. The van der Waals surface area contributed by atoms with Crippen molar-refractivity contribution in [2.75, 3.05) is 0 Å². The standard InChI is InChI=1S/C8H10N2O3/c1-4-2-5-3-6(11)10(5)7(9-4)8(12)13/h5,7H,2-3H2,1H3,(H,12,13). The number of fused-ring (bicyclic) bond motifs is 1. The highest BCUT2D eigenvalue weighted by molar-refractivity contribution is 5.95. The summed E-state index contributed by atoms with van der Waals surface area (Å²) >= 11 is 0. The fourth-order valence-corrected chi connectivity index (χ4v) is 1.84. The molecule has 1 saturated heterocycles. The second kappa shape index (κ2) is 2.55. The Morgan fingerprint density at radius 2 is 2.31 bits per heavy atom. The van der Waals surface area contributed by atoms with Crippen molar-refractivity contribution in [3.05, 3.63) is 0 Å². The van der Waals surface area contributed by atoms with E-state index in [1.165, 1.54) is 4.90 Å². The first-order valence-electron chi connectivity index (χ1n) is 4.17. The normalized spacial score (nSPS) is 31.9. The molecule has 2 heterocycles. The minimum Gasteiger partial charge on any atom is -0.478 e. The fourth-order valence-electron chi connectivity index (χ4n) is 1.84. The third kappa shape index (κ3) is 1.11. The van der Waals surface area contributed by atoms with Crippen molar-refractivity contribution in [1.29, 1.82) is 0 Å². The summed E-state index contributed by atoms with van der Waals surface area (Å²) in [5.74, 6) is -1.15. The van der Waals surface area contributed by atoms with Crippen LogP contribution < -0.4 is 0 Å². The number of carboxylic acid groups (broad SMARTS) is 1. The molecule has 2 rings (SSSR count). The summed E-state index contributed by atoms with van der Waals surface area (Å²) in [6.45, 7) is 1.80. The molecule has 2 atom stereocenters. The van der Waals surface area contributed by atoms with Crippen LogP contribution in [-0.4, -0.2) is 39.8 Å². The maximum atomic E-state index is 11.1. The van der Waals surface area contributed by atoms with Crippen molar-refractivity contribution in [1.82, 2.24) is 4.90 Å². The topological polar surface area (TPSA) is 70.0 Å². The zero-order chi connectivity index (χ0) is 9.59. The SMILES string of the molecule is CC1=NC(C(=O)O)N2C(=O)CC2C1. The minimum absolute atomic E-state index is 0.0751. The number of hydrogen-bond acceptors (Lipinski definition) is 3. The molecule has 0 aliphatic carbocycles. The monoisotopic (exact) mass is 182 g/mol. The molecule has 1 amide bonds. The Hall–Kier alpha value is -1.39. The smallest absolute Gasteiger partial charge is 0.349 e. The van der Waals surface area contributed by atoms with Gasteiger partial charge in [-0.15, -0.1) is 0 Å². The van der Waals surface area contributed by atoms with Crippen LogP contribution in [0.5, 0.6) is 0 Å². The first-order chi connectivity index (χ1) is 6.09. The van der Waals surface area contributed by atoms with Gasteiger partial charge in [0.1, 0.15) is 0 Å². The molecule has 5 nitrogen and oxygen atoms in total. The van der Waals surface area contributed by atoms with Gasteiger partial charge in [-0.1, -0.05) is 0 Å². The third-order valence-electron chi connectivity index (χ3n) is 2.45. The van der Waals surface area contributed by atoms with E-state index >= 15 is 0 Å². The Balaban J connectivity index is 2.27. The number of carboxylic acids is 1. The van der Waals surface area contributed by atoms with Gasteiger partial charge in [-0.05, 0) is 6.92 Å². The van der Waals surface area contributed by atoms with Crippen LogP contribution in [-0.2, 0) is 9.59 Å². The molecule has 70 valence electrons. The summed E-state index contributed by atoms with van der Waals surface area (Å²) < 4.78 is 0. The van der Waals surface area contributed by atoms with Gasteiger partial charge in [0.2, 0.25) is 12.1 Å². The van der Waals surface area contributed by atoms with Gasteiger partial charge in [0.05, 0.1) is 0 Å². The number of β-lactam (4-membered cyclic amide) rings is 1. The lowest BCUT2D eigenvalue weighted by Gasteiger charge is -2.45. The lowest BCUT2D eigenvalue weighted by molar-refractivity contribution is -0.161. The predicted octanol–water partition coefficient (Wildman–Crippen LogP) is -0.137. The molecule has 0 aromatic carbocycles. The van der Waals surface area contributed by atoms with E-state index in [4.69, 9.17) is 5.11 Å². The molecule has 0 bridgehead atoms. The Morgan fingerprint density at radius 3 is 2.85 bits per heavy atom. The predicted molar refractivity (Wildman–Crippen MR) is 44.4 cm³/mol. The zero-order valence-corrected chi connectivity index (χ0v) is 7.23. The van der Waals surface area contributed by atoms with Gasteiger partial charge in [0.15, 0.2) is 0 Å². The number of carbonyl (C=O) groups is 2. The van der Waals surface area contributed by atoms with E-state index in [2.05, 4.69) is 4.99 Å². The summed E-state index contributed by atoms with van der Waals surface area (Å²) in [5.41, 5.74) is 0.821. The molecule has 0 aromatic rings. The second-order valence-electron chi connectivity index (χ2n) is 3.44. The Morgan fingerprint density at radius 1 is 1.62 bits per heavy atom. The molecular formula is C8H10N2O3. The first kappa shape index (κ1) is 8.22. The summed E-state index contributed by atoms with van der Waals surface area (Å²) in [5, 5.41) is 8.79. The largest absolute Gasteiger partial charge is 0.478 e. The van der Waals surface area contributed by atoms with Gasteiger partial charge in [-0.3, -0.25) is 9.79 Å². The Labute approximate surface area is 75.1 Å². The highest BCUT2D eigenvalue weighted by Gasteiger charge is 2.46. The van der Waals surface area contributed by atoms with Crippen molar-refractivity contribution in [3.63, 3.8) is 0 Å². The summed E-state index contributed by atoms with van der Waals surface area (Å²) in [7, 11) is 0. The number of aliphatic carboxylic acids is 1. The van der Waals surface area contributed by atoms with Crippen LogP contribution >= 0.6 is 0 Å². The van der Waals surface area contributed by atoms with Crippen molar-refractivity contribution in [2.24, 2.45) is 4.99 Å². The van der Waals surface area contributed by atoms with Crippen LogP contribution in [0.25, 0.3) is 0 Å². The van der Waals surface area contributed by atoms with E-state index in [0.717, 1.165) is 12.1 Å². The van der Waals surface area contributed by atoms with Crippen LogP contribution in [0.2, 0.25) is 0 Å². The van der Waals surface area contributed by atoms with Gasteiger partial charge in [-0.25, -0.2) is 4.79 Å². The lowest BCUT2D eigenvalue weighted by Crippen LogP contribution is -2.61. The lowest BCUT2D eigenvalue weighted by atomic mass is 9.93. The van der Waals surface area contributed by atoms with Gasteiger partial charge in [0, 0.05) is 24.6 Å². The van der Waals surface area contributed by atoms with Crippen LogP contribution in [0.1, 0.15) is 19.8 Å². The molecule has 2 aliphatic heterocycles. The maximum Gasteiger partial charge on any atom is 0.349 e. The zero-order valence-electron chi connectivity index (χ0n) is 7.23. The van der Waals surface area contributed by atoms with E-state index in [9.17, 15) is 9.59 Å². The number of hydrogen-bond donors (Lipinski definition) is 1. The molecule has 5 heteroatoms. The fraction of sp³-hybridized carbons (Fsp3) is 0.625. The summed E-state index contributed by atoms with van der Waals surface area (Å²) in [4.78, 5) is 27.1. The quantitative estimate of drug-likeness (QED) is 0.574. The minimum atomic E-state index is -1.04. The first-order valence-corrected chi connectivity index (χ1v) is 4.17. The molecule has 2 unspecified atom stereocenters. The maximum absolute atomic E-state index is 11.1. The Kier molecular flexibility index (Phi) is 1.61. The van der Waals surface area contributed by atoms with Gasteiger partial charge < -0.3 is 10.0 Å². The van der Waals surface area contributed by atoms with Gasteiger partial charge in [-0.2, -0.15) is 0 Å². The van der Waals surface area contributed by atoms with Crippen molar-refractivity contribution >= 4 is 17.6 Å². The molecule has 1 N–H and O–H groups in total. The molecule has 1 fully saturated rings. The van der Waals surface area contributed by atoms with Crippen LogP contribution in [0.15, 0.2) is 4.99 Å². The van der Waals surface area contributed by atoms with E-state index < -0.39 is 12.1 Å². The highest BCUT2D eigenvalue weighted by Crippen LogP contribution is 2.29. The number of carbonyl (C=O) groups excluding carboxylic acids is 1. The summed E-state index contributed by atoms with van der Waals surface area (Å²) in [6.07, 6.45) is 0.214. The average Bonchev–Trinajstić information content (AvgIpc) is 2.01. The van der Waals surface area contributed by atoms with Crippen molar-refractivity contribution in [2.45, 2.75) is 32.0 Å². The molecule has 0 aromatic heterocycles. The van der Waals surface area contributed by atoms with Crippen molar-refractivity contribution in [3.8, 4) is 0 Å². The number of aliphatic imine (C=N–C) groups is 1. The van der Waals surface area contributed by atoms with E-state index in [-0.39, 0.29) is 11.9 Å². The summed E-state index contributed by atoms with van der Waals surface area (Å²) in [6, 6.07) is 0.0751. The molecule has 0 saturated carbocycles. The van der Waals surface area contributed by atoms with Crippen LogP contribution in [0.3, 0.4) is 0 Å². The van der Waals surface area contributed by atoms with E-state index in [1.54, 1.807) is 6.92 Å². The van der Waals surface area contributed by atoms with Crippen LogP contribution in [0, 0.1) is 0 Å². The molecule has 0 spiro atoms. The number of nitrogens with zero attached hydrogens (tertiary/aromatic N) is 2. The molecule has 0 radical (unpaired) electrons. The van der Waals surface area contributed by atoms with Gasteiger partial charge >= 0.3 is 5.97 Å². The van der Waals surface area contributed by atoms with E-state index in [0.29, 0.717) is 6.42 Å². The highest BCUT2D eigenvalue weighted by atomic mass is 16.4. The second-order valence-corrected chi connectivity index (χ2v) is 3.44.